The fraction of sp³-hybridized carbons (Fsp3) is 0.316. The first-order valence-corrected chi connectivity index (χ1v) is 9.86. The molecule has 0 radical (unpaired) electrons. The minimum Gasteiger partial charge on any atom is -0.342 e. The van der Waals surface area contributed by atoms with Gasteiger partial charge in [-0.05, 0) is 24.5 Å². The average molecular weight is 343 g/mol. The Hall–Kier alpha value is -2.14. The first kappa shape index (κ1) is 16.7. The van der Waals surface area contributed by atoms with Crippen LogP contribution in [0.1, 0.15) is 24.5 Å². The molecule has 0 bridgehead atoms. The van der Waals surface area contributed by atoms with Crippen molar-refractivity contribution in [3.8, 4) is 0 Å². The SMILES string of the molecule is CC(NC(=O)[C@@H]1CCS(=O)(=O)C1)(c1ccccc1)c1ccccc1. The fourth-order valence-corrected chi connectivity index (χ4v) is 4.95. The molecule has 1 saturated heterocycles. The second kappa shape index (κ2) is 6.40. The second-order valence-electron chi connectivity index (χ2n) is 6.45. The van der Waals surface area contributed by atoms with Crippen LogP contribution in [0.15, 0.2) is 60.7 Å². The van der Waals surface area contributed by atoms with Crippen LogP contribution < -0.4 is 5.32 Å². The quantitative estimate of drug-likeness (QED) is 0.928. The third kappa shape index (κ3) is 3.36. The molecule has 0 unspecified atom stereocenters. The second-order valence-corrected chi connectivity index (χ2v) is 8.67. The van der Waals surface area contributed by atoms with E-state index in [1.807, 2.05) is 67.6 Å². The summed E-state index contributed by atoms with van der Waals surface area (Å²) in [4.78, 5) is 12.7. The van der Waals surface area contributed by atoms with Crippen molar-refractivity contribution in [3.05, 3.63) is 71.8 Å². The third-order valence-corrected chi connectivity index (χ3v) is 6.45. The molecule has 1 heterocycles. The van der Waals surface area contributed by atoms with Crippen LogP contribution in [0.25, 0.3) is 0 Å². The molecule has 4 nitrogen and oxygen atoms in total. The summed E-state index contributed by atoms with van der Waals surface area (Å²) in [7, 11) is -3.09. The summed E-state index contributed by atoms with van der Waals surface area (Å²) in [5.74, 6) is -0.634. The molecule has 3 rings (SSSR count). The van der Waals surface area contributed by atoms with E-state index in [4.69, 9.17) is 0 Å². The zero-order chi connectivity index (χ0) is 17.2. The van der Waals surface area contributed by atoms with Crippen molar-refractivity contribution in [2.24, 2.45) is 5.92 Å². The Bertz CT molecular complexity index is 777. The molecule has 0 saturated carbocycles. The van der Waals surface area contributed by atoms with E-state index in [2.05, 4.69) is 5.32 Å². The Morgan fingerprint density at radius 3 is 1.92 bits per heavy atom. The van der Waals surface area contributed by atoms with Gasteiger partial charge in [-0.15, -0.1) is 0 Å². The maximum Gasteiger partial charge on any atom is 0.225 e. The minimum absolute atomic E-state index is 0.0571. The van der Waals surface area contributed by atoms with Gasteiger partial charge in [0.2, 0.25) is 5.91 Å². The Kier molecular flexibility index (Phi) is 4.45. The standard InChI is InChI=1S/C19H21NO3S/c1-19(16-8-4-2-5-9-16,17-10-6-3-7-11-17)20-18(21)15-12-13-24(22,23)14-15/h2-11,15H,12-14H2,1H3,(H,20,21)/t15-/m1/s1. The Labute approximate surface area is 142 Å². The fourth-order valence-electron chi connectivity index (χ4n) is 3.20. The van der Waals surface area contributed by atoms with Crippen molar-refractivity contribution in [2.75, 3.05) is 11.5 Å². The first-order chi connectivity index (χ1) is 11.4. The number of hydrogen-bond donors (Lipinski definition) is 1. The van der Waals surface area contributed by atoms with Crippen molar-refractivity contribution in [2.45, 2.75) is 18.9 Å². The molecule has 0 aromatic heterocycles. The summed E-state index contributed by atoms with van der Waals surface area (Å²) in [6, 6.07) is 19.5. The van der Waals surface area contributed by atoms with Gasteiger partial charge < -0.3 is 5.32 Å². The summed E-state index contributed by atoms with van der Waals surface area (Å²) in [6.45, 7) is 1.96. The molecule has 0 spiro atoms. The smallest absolute Gasteiger partial charge is 0.225 e. The van der Waals surface area contributed by atoms with Crippen molar-refractivity contribution in [3.63, 3.8) is 0 Å². The lowest BCUT2D eigenvalue weighted by molar-refractivity contribution is -0.125. The van der Waals surface area contributed by atoms with Gasteiger partial charge in [0.25, 0.3) is 0 Å². The number of carbonyl (C=O) groups excluding carboxylic acids is 1. The molecule has 0 aliphatic carbocycles. The molecule has 1 atom stereocenters. The van der Waals surface area contributed by atoms with Gasteiger partial charge in [-0.3, -0.25) is 4.79 Å². The lowest BCUT2D eigenvalue weighted by Gasteiger charge is -2.33. The van der Waals surface area contributed by atoms with E-state index in [0.717, 1.165) is 11.1 Å². The average Bonchev–Trinajstić information content (AvgIpc) is 2.96. The van der Waals surface area contributed by atoms with Crippen LogP contribution in [0.5, 0.6) is 0 Å². The van der Waals surface area contributed by atoms with Crippen LogP contribution in [-0.4, -0.2) is 25.8 Å². The number of nitrogens with one attached hydrogen (secondary N) is 1. The van der Waals surface area contributed by atoms with Crippen LogP contribution in [0.2, 0.25) is 0 Å². The van der Waals surface area contributed by atoms with Gasteiger partial charge in [-0.1, -0.05) is 60.7 Å². The molecular weight excluding hydrogens is 322 g/mol. The van der Waals surface area contributed by atoms with E-state index in [-0.39, 0.29) is 17.4 Å². The molecular formula is C19H21NO3S. The molecule has 1 fully saturated rings. The minimum atomic E-state index is -3.09. The summed E-state index contributed by atoms with van der Waals surface area (Å²) in [6.07, 6.45) is 0.397. The van der Waals surface area contributed by atoms with E-state index >= 15 is 0 Å². The highest BCUT2D eigenvalue weighted by molar-refractivity contribution is 7.91. The number of rotatable bonds is 4. The molecule has 24 heavy (non-hydrogen) atoms. The maximum absolute atomic E-state index is 12.7. The van der Waals surface area contributed by atoms with Gasteiger partial charge in [0.15, 0.2) is 9.84 Å². The van der Waals surface area contributed by atoms with Crippen molar-refractivity contribution < 1.29 is 13.2 Å². The normalized spacial score (nSPS) is 19.8. The van der Waals surface area contributed by atoms with Gasteiger partial charge in [0.05, 0.1) is 23.0 Å². The third-order valence-electron chi connectivity index (χ3n) is 4.68. The number of benzene rings is 2. The predicted molar refractivity (Wildman–Crippen MR) is 94.2 cm³/mol. The Balaban J connectivity index is 1.93. The van der Waals surface area contributed by atoms with E-state index < -0.39 is 21.3 Å². The van der Waals surface area contributed by atoms with Gasteiger partial charge >= 0.3 is 0 Å². The highest BCUT2D eigenvalue weighted by Gasteiger charge is 2.37. The molecule has 1 aliphatic rings. The molecule has 2 aromatic carbocycles. The first-order valence-electron chi connectivity index (χ1n) is 8.04. The zero-order valence-electron chi connectivity index (χ0n) is 13.6. The summed E-state index contributed by atoms with van der Waals surface area (Å²) < 4.78 is 23.3. The number of sulfone groups is 1. The molecule has 1 N–H and O–H groups in total. The lowest BCUT2D eigenvalue weighted by Crippen LogP contribution is -2.47. The molecule has 126 valence electrons. The van der Waals surface area contributed by atoms with Crippen LogP contribution >= 0.6 is 0 Å². The van der Waals surface area contributed by atoms with Crippen molar-refractivity contribution in [1.29, 1.82) is 0 Å². The zero-order valence-corrected chi connectivity index (χ0v) is 14.4. The predicted octanol–water partition coefficient (Wildman–Crippen LogP) is 2.50. The highest BCUT2D eigenvalue weighted by atomic mass is 32.2. The van der Waals surface area contributed by atoms with Gasteiger partial charge in [-0.25, -0.2) is 8.42 Å². The molecule has 1 amide bonds. The topological polar surface area (TPSA) is 63.2 Å². The van der Waals surface area contributed by atoms with Crippen LogP contribution in [-0.2, 0) is 20.2 Å². The van der Waals surface area contributed by atoms with Crippen molar-refractivity contribution in [1.82, 2.24) is 5.32 Å². The van der Waals surface area contributed by atoms with E-state index in [1.54, 1.807) is 0 Å². The van der Waals surface area contributed by atoms with Crippen LogP contribution in [0, 0.1) is 5.92 Å². The molecule has 2 aromatic rings. The van der Waals surface area contributed by atoms with Gasteiger partial charge in [0.1, 0.15) is 0 Å². The summed E-state index contributed by atoms with van der Waals surface area (Å²) in [5, 5.41) is 3.10. The molecule has 5 heteroatoms. The van der Waals surface area contributed by atoms with Gasteiger partial charge in [0, 0.05) is 0 Å². The summed E-state index contributed by atoms with van der Waals surface area (Å²) in [5.41, 5.74) is 1.22. The monoisotopic (exact) mass is 343 g/mol. The maximum atomic E-state index is 12.7. The molecule has 1 aliphatic heterocycles. The van der Waals surface area contributed by atoms with E-state index in [9.17, 15) is 13.2 Å². The number of hydrogen-bond acceptors (Lipinski definition) is 3. The Morgan fingerprint density at radius 1 is 1.00 bits per heavy atom. The number of amides is 1. The largest absolute Gasteiger partial charge is 0.342 e. The van der Waals surface area contributed by atoms with Gasteiger partial charge in [-0.2, -0.15) is 0 Å². The number of carbonyl (C=O) groups is 1. The lowest BCUT2D eigenvalue weighted by atomic mass is 9.84. The highest BCUT2D eigenvalue weighted by Crippen LogP contribution is 2.30. The Morgan fingerprint density at radius 2 is 1.50 bits per heavy atom. The van der Waals surface area contributed by atoms with E-state index in [1.165, 1.54) is 0 Å². The summed E-state index contributed by atoms with van der Waals surface area (Å²) >= 11 is 0. The van der Waals surface area contributed by atoms with Crippen LogP contribution in [0.4, 0.5) is 0 Å². The van der Waals surface area contributed by atoms with Crippen LogP contribution in [0.3, 0.4) is 0 Å². The van der Waals surface area contributed by atoms with Crippen molar-refractivity contribution >= 4 is 15.7 Å². The van der Waals surface area contributed by atoms with E-state index in [0.29, 0.717) is 6.42 Å².